The fourth-order valence-electron chi connectivity index (χ4n) is 13.9. The Hall–Kier alpha value is -2.08. The third-order valence-electron chi connectivity index (χ3n) is 17.4. The predicted molar refractivity (Wildman–Crippen MR) is 234 cm³/mol. The van der Waals surface area contributed by atoms with Gasteiger partial charge in [0.25, 0.3) is 0 Å². The first kappa shape index (κ1) is 44.0. The number of carbonyl (C=O) groups is 1. The number of fused-ring (bicyclic) bond motifs is 4. The summed E-state index contributed by atoms with van der Waals surface area (Å²) in [6.07, 6.45) is 21.1. The maximum Gasteiger partial charge on any atom is 0.315 e. The van der Waals surface area contributed by atoms with Gasteiger partial charge in [-0.1, -0.05) is 65.3 Å². The maximum atomic E-state index is 13.5. The van der Waals surface area contributed by atoms with Gasteiger partial charge < -0.3 is 19.7 Å². The Morgan fingerprint density at radius 3 is 2.41 bits per heavy atom. The van der Waals surface area contributed by atoms with E-state index in [1.54, 1.807) is 6.20 Å². The number of hydrogen-bond acceptors (Lipinski definition) is 10. The van der Waals surface area contributed by atoms with Crippen molar-refractivity contribution >= 4 is 27.5 Å². The van der Waals surface area contributed by atoms with E-state index >= 15 is 0 Å². The predicted octanol–water partition coefficient (Wildman–Crippen LogP) is 9.23. The molecule has 58 heavy (non-hydrogen) atoms. The SMILES string of the molecule is C=C(C)[C@@H]1CC[C@]2(NCCN3CCS(=O)(=O)CC3)CC[C@@H](C)[C@]3(C)CCC4C(C)(C)C(C5=CCC(COc6cnsn6)(C(=O)OCC)CC5)=CC[C@]4(C)C3CCCC12. The van der Waals surface area contributed by atoms with Crippen molar-refractivity contribution in [2.45, 2.75) is 137 Å². The van der Waals surface area contributed by atoms with Crippen LogP contribution in [-0.4, -0.2) is 84.5 Å². The Morgan fingerprint density at radius 1 is 0.983 bits per heavy atom. The highest BCUT2D eigenvalue weighted by molar-refractivity contribution is 7.91. The van der Waals surface area contributed by atoms with Crippen LogP contribution in [0.25, 0.3) is 0 Å². The molecule has 3 saturated carbocycles. The number of hydrogen-bond donors (Lipinski definition) is 1. The molecule has 2 heterocycles. The lowest BCUT2D eigenvalue weighted by Crippen LogP contribution is -2.57. The van der Waals surface area contributed by atoms with Crippen molar-refractivity contribution in [1.82, 2.24) is 19.0 Å². The number of nitrogens with one attached hydrogen (secondary N) is 1. The standard InChI is InChI=1S/C47H74N4O5S2/c1-9-55-42(52)46(32-56-41-31-49-57-50-41)21-14-35(15-22-46)37-17-19-45(8)39(43(37,5)6)18-20-44(7)34(4)13-23-47(48-25-26-51-27-29-58(53,54)30-28-51)24-16-36(33(2)3)38(47)11-10-12-40(44)45/h14,17,31,34,36,38-40,48H,2,9-13,15-16,18-30,32H2,1,3-8H3/t34-,36+,38?,39?,40?,44+,45+,46?,47-/m1/s1. The molecule has 11 heteroatoms. The third kappa shape index (κ3) is 8.30. The van der Waals surface area contributed by atoms with E-state index in [9.17, 15) is 13.2 Å². The Balaban J connectivity index is 1.09. The molecular weight excluding hydrogens is 765 g/mol. The molecule has 5 aliphatic carbocycles. The van der Waals surface area contributed by atoms with Crippen LogP contribution in [0.2, 0.25) is 0 Å². The van der Waals surface area contributed by atoms with E-state index in [0.29, 0.717) is 79.5 Å². The minimum atomic E-state index is -2.87. The van der Waals surface area contributed by atoms with Crippen LogP contribution in [-0.2, 0) is 19.4 Å². The van der Waals surface area contributed by atoms with Crippen molar-refractivity contribution in [2.24, 2.45) is 51.2 Å². The van der Waals surface area contributed by atoms with Crippen molar-refractivity contribution in [3.63, 3.8) is 0 Å². The van der Waals surface area contributed by atoms with Crippen molar-refractivity contribution in [3.8, 4) is 5.88 Å². The number of esters is 1. The van der Waals surface area contributed by atoms with Gasteiger partial charge in [0.15, 0.2) is 9.84 Å². The van der Waals surface area contributed by atoms with Crippen LogP contribution >= 0.6 is 11.7 Å². The zero-order valence-electron chi connectivity index (χ0n) is 36.9. The summed E-state index contributed by atoms with van der Waals surface area (Å²) in [6.45, 7) is 25.4. The summed E-state index contributed by atoms with van der Waals surface area (Å²) in [6, 6.07) is 0. The Kier molecular flexibility index (Phi) is 12.9. The highest BCUT2D eigenvalue weighted by Gasteiger charge is 2.61. The lowest BCUT2D eigenvalue weighted by atomic mass is 9.40. The summed E-state index contributed by atoms with van der Waals surface area (Å²) in [4.78, 5) is 15.8. The monoisotopic (exact) mass is 839 g/mol. The van der Waals surface area contributed by atoms with Gasteiger partial charge >= 0.3 is 5.97 Å². The Labute approximate surface area is 354 Å². The van der Waals surface area contributed by atoms with Gasteiger partial charge in [-0.25, -0.2) is 8.42 Å². The first-order chi connectivity index (χ1) is 27.5. The summed E-state index contributed by atoms with van der Waals surface area (Å²) < 4.78 is 44.1. The fraction of sp³-hybridized carbons (Fsp3) is 0.809. The van der Waals surface area contributed by atoms with Crippen LogP contribution in [0.3, 0.4) is 0 Å². The number of nitrogens with zero attached hydrogens (tertiary/aromatic N) is 3. The van der Waals surface area contributed by atoms with Gasteiger partial charge in [0.2, 0.25) is 5.88 Å². The van der Waals surface area contributed by atoms with Crippen LogP contribution < -0.4 is 10.1 Å². The number of sulfone groups is 1. The van der Waals surface area contributed by atoms with Crippen molar-refractivity contribution in [1.29, 1.82) is 0 Å². The van der Waals surface area contributed by atoms with E-state index in [0.717, 1.165) is 37.7 Å². The average Bonchev–Trinajstić information content (AvgIpc) is 3.83. The Morgan fingerprint density at radius 2 is 1.74 bits per heavy atom. The number of carbonyl (C=O) groups excluding carboxylic acids is 1. The molecule has 1 saturated heterocycles. The Bertz CT molecular complexity index is 1810. The molecule has 6 aliphatic rings. The largest absolute Gasteiger partial charge is 0.475 e. The van der Waals surface area contributed by atoms with Crippen LogP contribution in [0.15, 0.2) is 41.6 Å². The van der Waals surface area contributed by atoms with Gasteiger partial charge in [0.05, 0.1) is 29.8 Å². The quantitative estimate of drug-likeness (QED) is 0.172. The van der Waals surface area contributed by atoms with Crippen LogP contribution in [0.4, 0.5) is 0 Å². The highest BCUT2D eigenvalue weighted by Crippen LogP contribution is 2.68. The molecule has 4 fully saturated rings. The normalized spacial score (nSPS) is 38.9. The fourth-order valence-corrected chi connectivity index (χ4v) is 15.5. The first-order valence-electron chi connectivity index (χ1n) is 22.8. The average molecular weight is 839 g/mol. The van der Waals surface area contributed by atoms with Gasteiger partial charge in [-0.3, -0.25) is 4.79 Å². The van der Waals surface area contributed by atoms with Gasteiger partial charge in [-0.2, -0.15) is 4.37 Å². The maximum absolute atomic E-state index is 13.5. The topological polar surface area (TPSA) is 111 Å². The summed E-state index contributed by atoms with van der Waals surface area (Å²) >= 11 is 1.11. The van der Waals surface area contributed by atoms with Crippen LogP contribution in [0.1, 0.15) is 132 Å². The summed E-state index contributed by atoms with van der Waals surface area (Å²) in [5, 5.41) is 4.22. The lowest BCUT2D eigenvalue weighted by molar-refractivity contribution is -0.158. The molecule has 1 aromatic rings. The van der Waals surface area contributed by atoms with Crippen LogP contribution in [0.5, 0.6) is 5.88 Å². The van der Waals surface area contributed by atoms with Gasteiger partial charge in [-0.05, 0) is 148 Å². The second kappa shape index (κ2) is 17.0. The summed E-state index contributed by atoms with van der Waals surface area (Å²) in [5.41, 5.74) is 4.20. The molecule has 0 spiro atoms. The van der Waals surface area contributed by atoms with E-state index in [-0.39, 0.29) is 34.4 Å². The second-order valence-corrected chi connectivity index (χ2v) is 23.6. The minimum Gasteiger partial charge on any atom is -0.475 e. The number of rotatable bonds is 11. The summed E-state index contributed by atoms with van der Waals surface area (Å²) in [7, 11) is -2.87. The van der Waals surface area contributed by atoms with Crippen molar-refractivity contribution in [3.05, 3.63) is 41.6 Å². The lowest BCUT2D eigenvalue weighted by Gasteiger charge is -2.64. The zero-order chi connectivity index (χ0) is 41.6. The van der Waals surface area contributed by atoms with E-state index in [1.807, 2.05) is 6.92 Å². The zero-order valence-corrected chi connectivity index (χ0v) is 38.5. The molecule has 9 nitrogen and oxygen atoms in total. The smallest absolute Gasteiger partial charge is 0.315 e. The molecular formula is C47H74N4O5S2. The molecule has 1 aliphatic heterocycles. The third-order valence-corrected chi connectivity index (χ3v) is 19.5. The molecule has 0 radical (unpaired) electrons. The molecule has 324 valence electrons. The molecule has 4 unspecified atom stereocenters. The second-order valence-electron chi connectivity index (χ2n) is 20.7. The molecule has 7 rings (SSSR count). The van der Waals surface area contributed by atoms with Crippen molar-refractivity contribution < 1.29 is 22.7 Å². The molecule has 0 bridgehead atoms. The summed E-state index contributed by atoms with van der Waals surface area (Å²) in [5.74, 6) is 3.90. The number of aromatic nitrogens is 2. The van der Waals surface area contributed by atoms with Crippen molar-refractivity contribution in [2.75, 3.05) is 50.9 Å². The first-order valence-corrected chi connectivity index (χ1v) is 25.3. The molecule has 1 aromatic heterocycles. The van der Waals surface area contributed by atoms with Gasteiger partial charge in [0, 0.05) is 31.7 Å². The molecule has 0 amide bonds. The molecule has 0 aromatic carbocycles. The van der Waals surface area contributed by atoms with E-state index in [2.05, 4.69) is 79.2 Å². The van der Waals surface area contributed by atoms with Gasteiger partial charge in [-0.15, -0.1) is 4.37 Å². The van der Waals surface area contributed by atoms with Crippen LogP contribution in [0, 0.1) is 51.2 Å². The molecule has 1 N–H and O–H groups in total. The van der Waals surface area contributed by atoms with Gasteiger partial charge in [0.1, 0.15) is 18.2 Å². The van der Waals surface area contributed by atoms with E-state index in [1.165, 1.54) is 74.5 Å². The number of ether oxygens (including phenoxy) is 2. The highest BCUT2D eigenvalue weighted by atomic mass is 32.2. The number of allylic oxidation sites excluding steroid dienone is 5. The van der Waals surface area contributed by atoms with E-state index in [4.69, 9.17) is 9.47 Å². The molecule has 9 atom stereocenters. The minimum absolute atomic E-state index is 0.0273. The van der Waals surface area contributed by atoms with E-state index < -0.39 is 15.3 Å².